The van der Waals surface area contributed by atoms with Crippen LogP contribution in [0.1, 0.15) is 55.8 Å². The Bertz CT molecular complexity index is 1380. The van der Waals surface area contributed by atoms with E-state index in [9.17, 15) is 9.90 Å². The van der Waals surface area contributed by atoms with Gasteiger partial charge in [0.15, 0.2) is 0 Å². The number of rotatable bonds is 8. The van der Waals surface area contributed by atoms with Gasteiger partial charge in [0.2, 0.25) is 0 Å². The first-order chi connectivity index (χ1) is 18.9. The molecule has 1 fully saturated rings. The fourth-order valence-electron chi connectivity index (χ4n) is 5.75. The zero-order chi connectivity index (χ0) is 27.4. The summed E-state index contributed by atoms with van der Waals surface area (Å²) in [6.07, 6.45) is 2.47. The van der Waals surface area contributed by atoms with Crippen LogP contribution in [0.25, 0.3) is 10.9 Å². The van der Waals surface area contributed by atoms with E-state index in [1.807, 2.05) is 81.6 Å². The molecule has 0 radical (unpaired) electrons. The molecule has 1 saturated heterocycles. The highest BCUT2D eigenvalue weighted by Gasteiger charge is 2.40. The Labute approximate surface area is 230 Å². The lowest BCUT2D eigenvalue weighted by Gasteiger charge is -2.34. The van der Waals surface area contributed by atoms with Crippen LogP contribution in [0.5, 0.6) is 0 Å². The van der Waals surface area contributed by atoms with Crippen LogP contribution in [0, 0.1) is 0 Å². The van der Waals surface area contributed by atoms with Crippen molar-refractivity contribution in [3.05, 3.63) is 108 Å². The summed E-state index contributed by atoms with van der Waals surface area (Å²) in [6.45, 7) is 7.50. The van der Waals surface area contributed by atoms with Crippen LogP contribution in [-0.2, 0) is 16.1 Å². The monoisotopic (exact) mass is 526 g/mol. The van der Waals surface area contributed by atoms with E-state index in [4.69, 9.17) is 9.47 Å². The van der Waals surface area contributed by atoms with E-state index in [0.717, 1.165) is 40.6 Å². The molecule has 1 aromatic heterocycles. The van der Waals surface area contributed by atoms with Crippen molar-refractivity contribution in [3.8, 4) is 0 Å². The van der Waals surface area contributed by atoms with Crippen LogP contribution >= 0.6 is 0 Å². The third-order valence-corrected chi connectivity index (χ3v) is 7.48. The normalized spacial score (nSPS) is 18.9. The highest BCUT2D eigenvalue weighted by Crippen LogP contribution is 2.42. The summed E-state index contributed by atoms with van der Waals surface area (Å²) in [7, 11) is 0. The summed E-state index contributed by atoms with van der Waals surface area (Å²) >= 11 is 0. The molecule has 0 unspecified atom stereocenters. The molecule has 0 aliphatic carbocycles. The summed E-state index contributed by atoms with van der Waals surface area (Å²) in [5.41, 5.74) is 3.57. The van der Waals surface area contributed by atoms with Crippen molar-refractivity contribution >= 4 is 17.0 Å². The molecule has 3 aromatic carbocycles. The lowest BCUT2D eigenvalue weighted by molar-refractivity contribution is 0.0315. The Morgan fingerprint density at radius 1 is 0.974 bits per heavy atom. The molecule has 0 bridgehead atoms. The highest BCUT2D eigenvalue weighted by atomic mass is 16.6. The van der Waals surface area contributed by atoms with Crippen molar-refractivity contribution in [2.45, 2.75) is 57.4 Å². The van der Waals surface area contributed by atoms with E-state index in [0.29, 0.717) is 13.2 Å². The second-order valence-corrected chi connectivity index (χ2v) is 11.3. The first kappa shape index (κ1) is 27.1. The van der Waals surface area contributed by atoms with Gasteiger partial charge in [-0.1, -0.05) is 78.9 Å². The molecule has 1 aliphatic heterocycles. The molecule has 0 amide bonds. The molecule has 6 heteroatoms. The summed E-state index contributed by atoms with van der Waals surface area (Å²) in [5, 5.41) is 11.6. The van der Waals surface area contributed by atoms with E-state index in [-0.39, 0.29) is 30.7 Å². The molecular formula is C33H38N2O4. The van der Waals surface area contributed by atoms with Crippen molar-refractivity contribution in [2.75, 3.05) is 19.8 Å². The van der Waals surface area contributed by atoms with Crippen LogP contribution < -0.4 is 0 Å². The van der Waals surface area contributed by atoms with Gasteiger partial charge in [0.25, 0.3) is 0 Å². The first-order valence-corrected chi connectivity index (χ1v) is 13.7. The van der Waals surface area contributed by atoms with Crippen molar-refractivity contribution in [2.24, 2.45) is 0 Å². The number of aromatic nitrogens is 1. The Hall–Kier alpha value is -3.45. The topological polar surface area (TPSA) is 63.9 Å². The number of carbonyl (C=O) groups excluding carboxylic acids is 1. The SMILES string of the molecule is CC(C)(C)OC(=O)n1cc([C@H]2CCN([C@H](CO)c3ccccc3)[C@H]2COCc2ccccc2)c2ccccc21. The van der Waals surface area contributed by atoms with Crippen LogP contribution in [-0.4, -0.2) is 52.1 Å². The zero-order valence-electron chi connectivity index (χ0n) is 23.0. The van der Waals surface area contributed by atoms with Gasteiger partial charge in [-0.25, -0.2) is 4.79 Å². The third-order valence-electron chi connectivity index (χ3n) is 7.48. The van der Waals surface area contributed by atoms with E-state index < -0.39 is 5.60 Å². The summed E-state index contributed by atoms with van der Waals surface area (Å²) in [4.78, 5) is 15.6. The molecule has 0 saturated carbocycles. The second kappa shape index (κ2) is 11.7. The van der Waals surface area contributed by atoms with Crippen molar-refractivity contribution in [3.63, 3.8) is 0 Å². The third kappa shape index (κ3) is 6.09. The van der Waals surface area contributed by atoms with Crippen molar-refractivity contribution in [1.82, 2.24) is 9.47 Å². The number of carbonyl (C=O) groups is 1. The summed E-state index contributed by atoms with van der Waals surface area (Å²) in [6, 6.07) is 28.2. The maximum atomic E-state index is 13.2. The van der Waals surface area contributed by atoms with E-state index in [1.165, 1.54) is 0 Å². The van der Waals surface area contributed by atoms with Crippen LogP contribution in [0.15, 0.2) is 91.1 Å². The molecule has 0 spiro atoms. The molecule has 39 heavy (non-hydrogen) atoms. The Morgan fingerprint density at radius 2 is 1.64 bits per heavy atom. The average molecular weight is 527 g/mol. The number of ether oxygens (including phenoxy) is 2. The lowest BCUT2D eigenvalue weighted by atomic mass is 9.91. The molecule has 1 aliphatic rings. The molecule has 3 atom stereocenters. The maximum absolute atomic E-state index is 13.2. The fourth-order valence-corrected chi connectivity index (χ4v) is 5.75. The molecular weight excluding hydrogens is 488 g/mol. The van der Waals surface area contributed by atoms with E-state index in [1.54, 1.807) is 4.57 Å². The first-order valence-electron chi connectivity index (χ1n) is 13.7. The zero-order valence-corrected chi connectivity index (χ0v) is 23.0. The minimum Gasteiger partial charge on any atom is -0.443 e. The van der Waals surface area contributed by atoms with Gasteiger partial charge < -0.3 is 14.6 Å². The van der Waals surface area contributed by atoms with Gasteiger partial charge in [0.05, 0.1) is 31.4 Å². The molecule has 2 heterocycles. The number of hydrogen-bond acceptors (Lipinski definition) is 5. The molecule has 5 rings (SSSR count). The number of nitrogens with zero attached hydrogens (tertiary/aromatic N) is 2. The van der Waals surface area contributed by atoms with E-state index >= 15 is 0 Å². The Balaban J connectivity index is 1.49. The predicted octanol–water partition coefficient (Wildman–Crippen LogP) is 6.53. The number of likely N-dealkylation sites (tertiary alicyclic amines) is 1. The summed E-state index contributed by atoms with van der Waals surface area (Å²) in [5.74, 6) is 0.118. The lowest BCUT2D eigenvalue weighted by Crippen LogP contribution is -2.40. The van der Waals surface area contributed by atoms with Gasteiger partial charge >= 0.3 is 6.09 Å². The number of hydrogen-bond donors (Lipinski definition) is 1. The average Bonchev–Trinajstić information content (AvgIpc) is 3.51. The number of para-hydroxylation sites is 1. The Morgan fingerprint density at radius 3 is 2.33 bits per heavy atom. The van der Waals surface area contributed by atoms with Gasteiger partial charge in [0, 0.05) is 23.5 Å². The largest absolute Gasteiger partial charge is 0.443 e. The highest BCUT2D eigenvalue weighted by molar-refractivity contribution is 5.92. The van der Waals surface area contributed by atoms with Crippen LogP contribution in [0.3, 0.4) is 0 Å². The summed E-state index contributed by atoms with van der Waals surface area (Å²) < 4.78 is 13.7. The fraction of sp³-hybridized carbons (Fsp3) is 0.364. The molecule has 6 nitrogen and oxygen atoms in total. The van der Waals surface area contributed by atoms with Gasteiger partial charge in [-0.05, 0) is 56.5 Å². The smallest absolute Gasteiger partial charge is 0.419 e. The van der Waals surface area contributed by atoms with Crippen molar-refractivity contribution in [1.29, 1.82) is 0 Å². The van der Waals surface area contributed by atoms with Crippen LogP contribution in [0.2, 0.25) is 0 Å². The predicted molar refractivity (Wildman–Crippen MR) is 154 cm³/mol. The molecule has 204 valence electrons. The van der Waals surface area contributed by atoms with Gasteiger partial charge in [-0.15, -0.1) is 0 Å². The quantitative estimate of drug-likeness (QED) is 0.283. The van der Waals surface area contributed by atoms with E-state index in [2.05, 4.69) is 35.2 Å². The maximum Gasteiger partial charge on any atom is 0.419 e. The van der Waals surface area contributed by atoms with Crippen LogP contribution in [0.4, 0.5) is 4.79 Å². The minimum atomic E-state index is -0.593. The minimum absolute atomic E-state index is 0.0176. The number of fused-ring (bicyclic) bond motifs is 1. The standard InChI is InChI=1S/C33H38N2O4/c1-33(2,3)39-32(37)35-20-28(26-16-10-11-17-29(26)35)27-18-19-34(30(21-36)25-14-8-5-9-15-25)31(27)23-38-22-24-12-6-4-7-13-24/h4-17,20,27,30-31,36H,18-19,21-23H2,1-3H3/t27-,30-,31+/m1/s1. The molecule has 4 aromatic rings. The second-order valence-electron chi connectivity index (χ2n) is 11.3. The van der Waals surface area contributed by atoms with Crippen molar-refractivity contribution < 1.29 is 19.4 Å². The van der Waals surface area contributed by atoms with Gasteiger partial charge in [0.1, 0.15) is 5.60 Å². The van der Waals surface area contributed by atoms with Gasteiger partial charge in [-0.2, -0.15) is 0 Å². The number of aliphatic hydroxyl groups is 1. The molecule has 1 N–H and O–H groups in total. The Kier molecular flexibility index (Phi) is 8.17. The number of benzene rings is 3. The number of aliphatic hydroxyl groups excluding tert-OH is 1. The van der Waals surface area contributed by atoms with Gasteiger partial charge in [-0.3, -0.25) is 9.47 Å².